The Morgan fingerprint density at radius 3 is 2.37 bits per heavy atom. The molecule has 4 heteroatoms. The number of halogens is 3. The molecule has 108 valence electrons. The lowest BCUT2D eigenvalue weighted by molar-refractivity contribution is -0.0464. The second kappa shape index (κ2) is 7.81. The van der Waals surface area contributed by atoms with Crippen LogP contribution in [-0.4, -0.2) is 12.5 Å². The monoisotopic (exact) mass is 289 g/mol. The molecule has 1 aromatic carbocycles. The molecule has 0 radical (unpaired) electrons. The van der Waals surface area contributed by atoms with E-state index in [1.807, 2.05) is 18.2 Å². The van der Waals surface area contributed by atoms with E-state index in [2.05, 4.69) is 17.4 Å². The van der Waals surface area contributed by atoms with E-state index in [4.69, 9.17) is 0 Å². The van der Waals surface area contributed by atoms with Gasteiger partial charge in [0.05, 0.1) is 0 Å². The minimum Gasteiger partial charge on any atom is -0.313 e. The number of hydrogen-bond donors (Lipinski definition) is 1. The van der Waals surface area contributed by atoms with Gasteiger partial charge in [0.2, 0.25) is 5.92 Å². The van der Waals surface area contributed by atoms with Crippen LogP contribution in [0.3, 0.4) is 0 Å². The van der Waals surface area contributed by atoms with E-state index in [1.54, 1.807) is 0 Å². The van der Waals surface area contributed by atoms with Gasteiger partial charge in [-0.2, -0.15) is 0 Å². The first-order chi connectivity index (χ1) is 8.66. The normalized spacial score (nSPS) is 18.8. The van der Waals surface area contributed by atoms with Crippen molar-refractivity contribution >= 4 is 12.4 Å². The molecule has 1 saturated carbocycles. The molecule has 0 amide bonds. The van der Waals surface area contributed by atoms with Crippen molar-refractivity contribution in [3.63, 3.8) is 0 Å². The Balaban J connectivity index is 0.00000180. The molecule has 0 atom stereocenters. The van der Waals surface area contributed by atoms with Gasteiger partial charge in [0.15, 0.2) is 0 Å². The van der Waals surface area contributed by atoms with Crippen molar-refractivity contribution in [1.82, 2.24) is 5.32 Å². The Morgan fingerprint density at radius 2 is 1.74 bits per heavy atom. The van der Waals surface area contributed by atoms with Gasteiger partial charge in [0.1, 0.15) is 0 Å². The van der Waals surface area contributed by atoms with Crippen LogP contribution in [0, 0.1) is 5.92 Å². The summed E-state index contributed by atoms with van der Waals surface area (Å²) in [4.78, 5) is 0. The fraction of sp³-hybridized carbons (Fsp3) is 0.600. The third-order valence-corrected chi connectivity index (χ3v) is 3.74. The second-order valence-corrected chi connectivity index (χ2v) is 5.25. The lowest BCUT2D eigenvalue weighted by Gasteiger charge is -2.28. The fourth-order valence-corrected chi connectivity index (χ4v) is 2.52. The highest BCUT2D eigenvalue weighted by atomic mass is 35.5. The largest absolute Gasteiger partial charge is 0.313 e. The molecule has 1 aliphatic rings. The van der Waals surface area contributed by atoms with Crippen molar-refractivity contribution < 1.29 is 8.78 Å². The Morgan fingerprint density at radius 1 is 1.11 bits per heavy atom. The smallest absolute Gasteiger partial charge is 0.248 e. The van der Waals surface area contributed by atoms with Crippen LogP contribution in [0.2, 0.25) is 0 Å². The Hall–Kier alpha value is -0.670. The molecule has 0 spiro atoms. The van der Waals surface area contributed by atoms with Crippen LogP contribution in [-0.2, 0) is 6.54 Å². The molecule has 1 aliphatic carbocycles. The van der Waals surface area contributed by atoms with E-state index in [-0.39, 0.29) is 25.2 Å². The van der Waals surface area contributed by atoms with E-state index in [9.17, 15) is 8.78 Å². The molecule has 0 bridgehead atoms. The van der Waals surface area contributed by atoms with Crippen molar-refractivity contribution in [1.29, 1.82) is 0 Å². The van der Waals surface area contributed by atoms with Crippen LogP contribution in [0.25, 0.3) is 0 Å². The van der Waals surface area contributed by atoms with Gasteiger partial charge < -0.3 is 5.32 Å². The van der Waals surface area contributed by atoms with Crippen molar-refractivity contribution in [3.05, 3.63) is 35.9 Å². The molecule has 1 aromatic rings. The van der Waals surface area contributed by atoms with Crippen molar-refractivity contribution in [2.75, 3.05) is 6.54 Å². The first kappa shape index (κ1) is 16.4. The average Bonchev–Trinajstić information content (AvgIpc) is 2.37. The SMILES string of the molecule is Cl.FC1(F)CCC(CCNCc2ccccc2)CC1. The summed E-state index contributed by atoms with van der Waals surface area (Å²) in [6.07, 6.45) is 2.54. The van der Waals surface area contributed by atoms with Crippen LogP contribution in [0.5, 0.6) is 0 Å². The standard InChI is InChI=1S/C15H21F2N.ClH/c16-15(17)9-6-13(7-10-15)8-11-18-12-14-4-2-1-3-5-14;/h1-5,13,18H,6-12H2;1H. The topological polar surface area (TPSA) is 12.0 Å². The van der Waals surface area contributed by atoms with Gasteiger partial charge in [0.25, 0.3) is 0 Å². The predicted molar refractivity (Wildman–Crippen MR) is 76.9 cm³/mol. The van der Waals surface area contributed by atoms with E-state index in [0.717, 1.165) is 19.5 Å². The van der Waals surface area contributed by atoms with Crippen molar-refractivity contribution in [2.24, 2.45) is 5.92 Å². The molecule has 0 saturated heterocycles. The zero-order valence-electron chi connectivity index (χ0n) is 11.1. The summed E-state index contributed by atoms with van der Waals surface area (Å²) in [7, 11) is 0. The summed E-state index contributed by atoms with van der Waals surface area (Å²) < 4.78 is 25.9. The number of benzene rings is 1. The third kappa shape index (κ3) is 5.87. The number of alkyl halides is 2. The van der Waals surface area contributed by atoms with Gasteiger partial charge in [-0.25, -0.2) is 8.78 Å². The zero-order chi connectivity index (χ0) is 12.8. The van der Waals surface area contributed by atoms with Crippen LogP contribution in [0.4, 0.5) is 8.78 Å². The number of nitrogens with one attached hydrogen (secondary N) is 1. The van der Waals surface area contributed by atoms with E-state index < -0.39 is 5.92 Å². The quantitative estimate of drug-likeness (QED) is 0.792. The molecule has 2 rings (SSSR count). The maximum Gasteiger partial charge on any atom is 0.248 e. The molecule has 1 fully saturated rings. The Bertz CT molecular complexity index is 346. The lowest BCUT2D eigenvalue weighted by atomic mass is 9.85. The van der Waals surface area contributed by atoms with Gasteiger partial charge in [-0.3, -0.25) is 0 Å². The summed E-state index contributed by atoms with van der Waals surface area (Å²) in [5, 5.41) is 3.38. The maximum atomic E-state index is 13.0. The summed E-state index contributed by atoms with van der Waals surface area (Å²) in [5.41, 5.74) is 1.27. The summed E-state index contributed by atoms with van der Waals surface area (Å²) in [6.45, 7) is 1.79. The van der Waals surface area contributed by atoms with Gasteiger partial charge in [-0.1, -0.05) is 30.3 Å². The molecule has 19 heavy (non-hydrogen) atoms. The Labute approximate surface area is 120 Å². The number of rotatable bonds is 5. The van der Waals surface area contributed by atoms with Crippen LogP contribution in [0.15, 0.2) is 30.3 Å². The minimum absolute atomic E-state index is 0. The highest BCUT2D eigenvalue weighted by molar-refractivity contribution is 5.85. The second-order valence-electron chi connectivity index (χ2n) is 5.25. The van der Waals surface area contributed by atoms with Crippen LogP contribution in [0.1, 0.15) is 37.7 Å². The van der Waals surface area contributed by atoms with Crippen LogP contribution < -0.4 is 5.32 Å². The molecule has 0 aromatic heterocycles. The molecule has 0 aliphatic heterocycles. The Kier molecular flexibility index (Phi) is 6.73. The van der Waals surface area contributed by atoms with Gasteiger partial charge >= 0.3 is 0 Å². The third-order valence-electron chi connectivity index (χ3n) is 3.74. The molecular formula is C15H22ClF2N. The maximum absolute atomic E-state index is 13.0. The molecule has 1 N–H and O–H groups in total. The number of hydrogen-bond acceptors (Lipinski definition) is 1. The predicted octanol–water partition coefficient (Wildman–Crippen LogP) is 4.41. The molecule has 0 unspecified atom stereocenters. The van der Waals surface area contributed by atoms with Crippen molar-refractivity contribution in [3.8, 4) is 0 Å². The highest BCUT2D eigenvalue weighted by Gasteiger charge is 2.34. The van der Waals surface area contributed by atoms with Gasteiger partial charge in [-0.05, 0) is 37.3 Å². The van der Waals surface area contributed by atoms with Gasteiger partial charge in [0, 0.05) is 19.4 Å². The van der Waals surface area contributed by atoms with Crippen LogP contribution >= 0.6 is 12.4 Å². The first-order valence-electron chi connectivity index (χ1n) is 6.78. The summed E-state index contributed by atoms with van der Waals surface area (Å²) in [6, 6.07) is 10.2. The molecule has 0 heterocycles. The zero-order valence-corrected chi connectivity index (χ0v) is 11.9. The average molecular weight is 290 g/mol. The first-order valence-corrected chi connectivity index (χ1v) is 6.78. The molecule has 1 nitrogen and oxygen atoms in total. The molecular weight excluding hydrogens is 268 g/mol. The van der Waals surface area contributed by atoms with Gasteiger partial charge in [-0.15, -0.1) is 12.4 Å². The lowest BCUT2D eigenvalue weighted by Crippen LogP contribution is -2.26. The van der Waals surface area contributed by atoms with E-state index >= 15 is 0 Å². The summed E-state index contributed by atoms with van der Waals surface area (Å²) >= 11 is 0. The minimum atomic E-state index is -2.39. The van der Waals surface area contributed by atoms with E-state index in [1.165, 1.54) is 5.56 Å². The fourth-order valence-electron chi connectivity index (χ4n) is 2.52. The highest BCUT2D eigenvalue weighted by Crippen LogP contribution is 2.37. The van der Waals surface area contributed by atoms with Crippen molar-refractivity contribution in [2.45, 2.75) is 44.6 Å². The summed E-state index contributed by atoms with van der Waals surface area (Å²) in [5.74, 6) is -1.92. The van der Waals surface area contributed by atoms with E-state index in [0.29, 0.717) is 18.8 Å².